The Balaban J connectivity index is 0. The molecule has 0 aromatic carbocycles. The Kier molecular flexibility index (Phi) is 7.63. The van der Waals surface area contributed by atoms with E-state index in [9.17, 15) is 13.0 Å². The summed E-state index contributed by atoms with van der Waals surface area (Å²) >= 11 is 0. The summed E-state index contributed by atoms with van der Waals surface area (Å²) in [5, 5.41) is 8.52. The Morgan fingerprint density at radius 3 is 2.36 bits per heavy atom. The van der Waals surface area contributed by atoms with Crippen molar-refractivity contribution >= 4 is 10.1 Å². The normalized spacial score (nSPS) is 12.8. The van der Waals surface area contributed by atoms with E-state index < -0.39 is 15.6 Å². The zero-order chi connectivity index (χ0) is 8.20. The molecule has 0 heterocycles. The second-order valence-corrected chi connectivity index (χ2v) is 3.22. The van der Waals surface area contributed by atoms with Crippen LogP contribution in [0.1, 0.15) is 12.8 Å². The van der Waals surface area contributed by atoms with Gasteiger partial charge in [-0.1, -0.05) is 0 Å². The van der Waals surface area contributed by atoms with Crippen molar-refractivity contribution in [2.75, 3.05) is 0 Å². The van der Waals surface area contributed by atoms with Crippen LogP contribution in [0.25, 0.3) is 0 Å². The largest absolute Gasteiger partial charge is 1.00 e. The van der Waals surface area contributed by atoms with Crippen LogP contribution in [0.2, 0.25) is 0 Å². The van der Waals surface area contributed by atoms with Gasteiger partial charge in [0.2, 0.25) is 0 Å². The van der Waals surface area contributed by atoms with Gasteiger partial charge < -0.3 is 9.66 Å². The molecule has 0 aromatic rings. The van der Waals surface area contributed by atoms with Gasteiger partial charge in [-0.05, 0) is 6.42 Å². The summed E-state index contributed by atoms with van der Waals surface area (Å²) in [5.41, 5.74) is -1.86. The molecule has 4 nitrogen and oxygen atoms in total. The molecule has 0 radical (unpaired) electrons. The van der Waals surface area contributed by atoms with E-state index in [4.69, 9.17) is 11.5 Å². The fourth-order valence-electron chi connectivity index (χ4n) is 0.351. The van der Waals surface area contributed by atoms with Gasteiger partial charge in [0, 0.05) is 6.42 Å². The summed E-state index contributed by atoms with van der Waals surface area (Å²) in [6.07, 6.45) is 4.66. The van der Waals surface area contributed by atoms with E-state index in [0.29, 0.717) is 0 Å². The molecule has 0 saturated carbocycles. The van der Waals surface area contributed by atoms with Gasteiger partial charge in [0.05, 0.1) is 0 Å². The molecule has 0 saturated heterocycles. The molecule has 0 spiro atoms. The van der Waals surface area contributed by atoms with Crippen LogP contribution in [0.15, 0.2) is 0 Å². The van der Waals surface area contributed by atoms with Crippen molar-refractivity contribution in [1.29, 1.82) is 0 Å². The third-order valence-electron chi connectivity index (χ3n) is 0.869. The van der Waals surface area contributed by atoms with E-state index in [2.05, 4.69) is 5.92 Å². The summed E-state index contributed by atoms with van der Waals surface area (Å²) in [4.78, 5) is 0. The monoisotopic (exact) mass is 186 g/mol. The van der Waals surface area contributed by atoms with E-state index in [-0.39, 0.29) is 42.4 Å². The molecule has 0 rings (SSSR count). The third kappa shape index (κ3) is 6.81. The van der Waals surface area contributed by atoms with Gasteiger partial charge in [-0.3, -0.25) is 0 Å². The minimum Gasteiger partial charge on any atom is -0.746 e. The zero-order valence-electron chi connectivity index (χ0n) is 6.15. The summed E-state index contributed by atoms with van der Waals surface area (Å²) in [6, 6.07) is 0. The van der Waals surface area contributed by atoms with Gasteiger partial charge in [-0.25, -0.2) is 8.42 Å². The predicted octanol–water partition coefficient (Wildman–Crippen LogP) is -3.73. The topological polar surface area (TPSA) is 77.4 Å². The number of hydrogen-bond acceptors (Lipinski definition) is 4. The van der Waals surface area contributed by atoms with Crippen LogP contribution in [0.5, 0.6) is 0 Å². The van der Waals surface area contributed by atoms with E-state index in [1.807, 2.05) is 0 Å². The van der Waals surface area contributed by atoms with Crippen molar-refractivity contribution in [2.45, 2.75) is 18.3 Å². The number of hydrogen-bond donors (Lipinski definition) is 1. The molecule has 0 aliphatic carbocycles. The number of aliphatic hydroxyl groups is 1. The molecular weight excluding hydrogens is 179 g/mol. The Morgan fingerprint density at radius 2 is 2.09 bits per heavy atom. The molecule has 0 fully saturated rings. The minimum atomic E-state index is -4.57. The predicted molar refractivity (Wildman–Crippen MR) is 33.8 cm³/mol. The van der Waals surface area contributed by atoms with Crippen molar-refractivity contribution in [3.8, 4) is 12.3 Å². The number of aliphatic hydroxyl groups excluding tert-OH is 1. The van der Waals surface area contributed by atoms with Crippen LogP contribution in [0.3, 0.4) is 0 Å². The van der Waals surface area contributed by atoms with Gasteiger partial charge in [-0.2, -0.15) is 0 Å². The van der Waals surface area contributed by atoms with Crippen molar-refractivity contribution in [2.24, 2.45) is 0 Å². The maximum atomic E-state index is 9.96. The fourth-order valence-corrected chi connectivity index (χ4v) is 0.758. The first kappa shape index (κ1) is 14.0. The summed E-state index contributed by atoms with van der Waals surface area (Å²) < 4.78 is 29.9. The Hall–Kier alpha value is 0.430. The molecule has 1 N–H and O–H groups in total. The van der Waals surface area contributed by atoms with Crippen LogP contribution < -0.4 is 29.6 Å². The molecule has 11 heavy (non-hydrogen) atoms. The van der Waals surface area contributed by atoms with Gasteiger partial charge in [-0.15, -0.1) is 12.3 Å². The second-order valence-electron chi connectivity index (χ2n) is 1.69. The molecule has 0 amide bonds. The van der Waals surface area contributed by atoms with E-state index in [1.165, 1.54) is 0 Å². The Bertz CT molecular complexity index is 227. The fraction of sp³-hybridized carbons (Fsp3) is 0.600. The molecule has 0 aromatic heterocycles. The molecule has 0 aliphatic rings. The molecule has 6 heteroatoms. The second kappa shape index (κ2) is 6.00. The molecule has 1 unspecified atom stereocenters. The smallest absolute Gasteiger partial charge is 0.746 e. The summed E-state index contributed by atoms with van der Waals surface area (Å²) in [7, 11) is -4.57. The van der Waals surface area contributed by atoms with Crippen molar-refractivity contribution in [3.63, 3.8) is 0 Å². The van der Waals surface area contributed by atoms with E-state index in [0.717, 1.165) is 0 Å². The molecule has 0 bridgehead atoms. The van der Waals surface area contributed by atoms with Gasteiger partial charge in [0.15, 0.2) is 0 Å². The molecule has 0 aliphatic heterocycles. The molecule has 1 atom stereocenters. The minimum absolute atomic E-state index is 0. The SMILES string of the molecule is C#CCCC(O)S(=O)(=O)[O-].[Na+]. The average Bonchev–Trinajstić information content (AvgIpc) is 1.80. The standard InChI is InChI=1S/C5H8O4S.Na/c1-2-3-4-5(6)10(7,8)9;/h1,5-6H,3-4H2,(H,7,8,9);/q;+1/p-1. The van der Waals surface area contributed by atoms with Crippen LogP contribution in [-0.4, -0.2) is 23.5 Å². The Labute approximate surface area is 88.0 Å². The van der Waals surface area contributed by atoms with Crippen LogP contribution in [-0.2, 0) is 10.1 Å². The van der Waals surface area contributed by atoms with Gasteiger partial charge in [0.1, 0.15) is 15.6 Å². The van der Waals surface area contributed by atoms with E-state index >= 15 is 0 Å². The molecule has 58 valence electrons. The first-order valence-corrected chi connectivity index (χ1v) is 4.02. The van der Waals surface area contributed by atoms with Crippen molar-refractivity contribution in [1.82, 2.24) is 0 Å². The first-order valence-electron chi connectivity index (χ1n) is 2.54. The number of rotatable bonds is 3. The van der Waals surface area contributed by atoms with Gasteiger partial charge >= 0.3 is 29.6 Å². The average molecular weight is 186 g/mol. The number of terminal acetylenes is 1. The van der Waals surface area contributed by atoms with Gasteiger partial charge in [0.25, 0.3) is 0 Å². The maximum Gasteiger partial charge on any atom is 1.00 e. The van der Waals surface area contributed by atoms with Crippen LogP contribution >= 0.6 is 0 Å². The quantitative estimate of drug-likeness (QED) is 0.279. The third-order valence-corrected chi connectivity index (χ3v) is 1.77. The van der Waals surface area contributed by atoms with E-state index in [1.54, 1.807) is 0 Å². The van der Waals surface area contributed by atoms with Crippen molar-refractivity contribution < 1.29 is 47.6 Å². The van der Waals surface area contributed by atoms with Crippen LogP contribution in [0, 0.1) is 12.3 Å². The zero-order valence-corrected chi connectivity index (χ0v) is 8.97. The van der Waals surface area contributed by atoms with Crippen molar-refractivity contribution in [3.05, 3.63) is 0 Å². The van der Waals surface area contributed by atoms with Crippen LogP contribution in [0.4, 0.5) is 0 Å². The molecular formula is C5H7NaO4S. The summed E-state index contributed by atoms with van der Waals surface area (Å²) in [6.45, 7) is 0. The summed E-state index contributed by atoms with van der Waals surface area (Å²) in [5.74, 6) is 2.11. The maximum absolute atomic E-state index is 9.96. The Morgan fingerprint density at radius 1 is 1.64 bits per heavy atom. The first-order chi connectivity index (χ1) is 4.48.